The first-order valence-electron chi connectivity index (χ1n) is 7.17. The Morgan fingerprint density at radius 3 is 2.60 bits per heavy atom. The number of anilines is 1. The largest absolute Gasteiger partial charge is 0.348 e. The molecule has 20 heavy (non-hydrogen) atoms. The number of nitrogens with zero attached hydrogens (tertiary/aromatic N) is 2. The van der Waals surface area contributed by atoms with Crippen molar-refractivity contribution >= 4 is 11.7 Å². The average Bonchev–Trinajstić information content (AvgIpc) is 2.98. The molecule has 1 aliphatic heterocycles. The van der Waals surface area contributed by atoms with Gasteiger partial charge in [-0.25, -0.2) is 0 Å². The van der Waals surface area contributed by atoms with Crippen LogP contribution in [0.2, 0.25) is 0 Å². The monoisotopic (exact) mass is 279 g/mol. The summed E-state index contributed by atoms with van der Waals surface area (Å²) in [6, 6.07) is 1.88. The molecule has 2 aliphatic rings. The van der Waals surface area contributed by atoms with Gasteiger partial charge < -0.3 is 14.8 Å². The molecular formula is C14H21N3O3. The van der Waals surface area contributed by atoms with Gasteiger partial charge in [-0.3, -0.25) is 9.48 Å². The topological polar surface area (TPSA) is 65.4 Å². The number of aromatic nitrogens is 2. The number of carbonyl (C=O) groups is 1. The zero-order valence-electron chi connectivity index (χ0n) is 12.0. The van der Waals surface area contributed by atoms with Gasteiger partial charge in [-0.2, -0.15) is 5.10 Å². The molecule has 0 unspecified atom stereocenters. The number of rotatable bonds is 2. The van der Waals surface area contributed by atoms with Gasteiger partial charge in [0.15, 0.2) is 5.79 Å². The maximum Gasteiger partial charge on any atom is 0.228 e. The van der Waals surface area contributed by atoms with Crippen molar-refractivity contribution in [1.29, 1.82) is 0 Å². The molecule has 0 bridgehead atoms. The van der Waals surface area contributed by atoms with E-state index in [0.29, 0.717) is 13.2 Å². The highest BCUT2D eigenvalue weighted by Crippen LogP contribution is 2.38. The van der Waals surface area contributed by atoms with E-state index in [1.165, 1.54) is 0 Å². The van der Waals surface area contributed by atoms with Gasteiger partial charge >= 0.3 is 0 Å². The Hall–Kier alpha value is -1.40. The third kappa shape index (κ3) is 2.58. The van der Waals surface area contributed by atoms with Crippen LogP contribution in [-0.4, -0.2) is 34.7 Å². The predicted molar refractivity (Wildman–Crippen MR) is 73.2 cm³/mol. The first kappa shape index (κ1) is 13.6. The van der Waals surface area contributed by atoms with Gasteiger partial charge in [0.1, 0.15) is 5.82 Å². The van der Waals surface area contributed by atoms with Crippen molar-refractivity contribution in [2.75, 3.05) is 18.5 Å². The van der Waals surface area contributed by atoms with Crippen LogP contribution in [0.25, 0.3) is 0 Å². The molecule has 0 atom stereocenters. The number of nitrogens with one attached hydrogen (secondary N) is 1. The maximum atomic E-state index is 12.3. The summed E-state index contributed by atoms with van der Waals surface area (Å²) < 4.78 is 13.1. The Bertz CT molecular complexity index is 496. The third-order valence-corrected chi connectivity index (χ3v) is 4.18. The molecule has 110 valence electrons. The van der Waals surface area contributed by atoms with Crippen molar-refractivity contribution in [1.82, 2.24) is 9.78 Å². The second-order valence-corrected chi connectivity index (χ2v) is 5.67. The molecule has 0 radical (unpaired) electrons. The Morgan fingerprint density at radius 2 is 2.05 bits per heavy atom. The maximum absolute atomic E-state index is 12.3. The van der Waals surface area contributed by atoms with Crippen LogP contribution in [0, 0.1) is 12.8 Å². The summed E-state index contributed by atoms with van der Waals surface area (Å²) in [5.41, 5.74) is 0.901. The molecule has 1 spiro atoms. The van der Waals surface area contributed by atoms with Crippen LogP contribution in [0.15, 0.2) is 6.07 Å². The van der Waals surface area contributed by atoms with Crippen molar-refractivity contribution in [3.05, 3.63) is 11.8 Å². The summed E-state index contributed by atoms with van der Waals surface area (Å²) in [5, 5.41) is 7.19. The third-order valence-electron chi connectivity index (χ3n) is 4.18. The van der Waals surface area contributed by atoms with Gasteiger partial charge in [0.2, 0.25) is 5.91 Å². The van der Waals surface area contributed by atoms with Crippen molar-refractivity contribution < 1.29 is 14.3 Å². The van der Waals surface area contributed by atoms with E-state index in [2.05, 4.69) is 10.4 Å². The first-order valence-corrected chi connectivity index (χ1v) is 7.17. The number of hydrogen-bond acceptors (Lipinski definition) is 4. The zero-order valence-corrected chi connectivity index (χ0v) is 12.0. The lowest BCUT2D eigenvalue weighted by atomic mass is 9.84. The smallest absolute Gasteiger partial charge is 0.228 e. The Labute approximate surface area is 118 Å². The number of hydrogen-bond donors (Lipinski definition) is 1. The van der Waals surface area contributed by atoms with E-state index in [1.54, 1.807) is 4.68 Å². The second-order valence-electron chi connectivity index (χ2n) is 5.67. The fourth-order valence-electron chi connectivity index (χ4n) is 3.06. The summed E-state index contributed by atoms with van der Waals surface area (Å²) in [5.74, 6) is 0.450. The molecule has 1 amide bonds. The molecule has 1 saturated heterocycles. The van der Waals surface area contributed by atoms with Crippen LogP contribution in [0.1, 0.15) is 31.4 Å². The molecule has 1 aliphatic carbocycles. The second kappa shape index (κ2) is 5.18. The van der Waals surface area contributed by atoms with E-state index in [4.69, 9.17) is 9.47 Å². The van der Waals surface area contributed by atoms with E-state index >= 15 is 0 Å². The van der Waals surface area contributed by atoms with E-state index in [9.17, 15) is 4.79 Å². The lowest BCUT2D eigenvalue weighted by molar-refractivity contribution is -0.182. The molecule has 3 rings (SSSR count). The van der Waals surface area contributed by atoms with Crippen LogP contribution < -0.4 is 5.32 Å². The van der Waals surface area contributed by atoms with Crippen molar-refractivity contribution in [2.45, 2.75) is 38.4 Å². The lowest BCUT2D eigenvalue weighted by Gasteiger charge is -2.34. The van der Waals surface area contributed by atoms with Gasteiger partial charge in [0.05, 0.1) is 18.9 Å². The molecule has 0 aromatic carbocycles. The highest BCUT2D eigenvalue weighted by atomic mass is 16.7. The molecule has 1 aromatic heterocycles. The highest BCUT2D eigenvalue weighted by Gasteiger charge is 2.41. The van der Waals surface area contributed by atoms with Crippen molar-refractivity contribution in [2.24, 2.45) is 13.0 Å². The van der Waals surface area contributed by atoms with Gasteiger partial charge in [0, 0.05) is 31.9 Å². The summed E-state index contributed by atoms with van der Waals surface area (Å²) >= 11 is 0. The standard InChI is InChI=1S/C14H21N3O3/c1-10-9-12(17(2)16-10)15-13(18)11-3-5-14(6-4-11)19-7-8-20-14/h9,11H,3-8H2,1-2H3,(H,15,18). The fourth-order valence-corrected chi connectivity index (χ4v) is 3.06. The Morgan fingerprint density at radius 1 is 1.40 bits per heavy atom. The van der Waals surface area contributed by atoms with Gasteiger partial charge in [0.25, 0.3) is 0 Å². The van der Waals surface area contributed by atoms with E-state index < -0.39 is 5.79 Å². The minimum Gasteiger partial charge on any atom is -0.348 e. The quantitative estimate of drug-likeness (QED) is 0.893. The highest BCUT2D eigenvalue weighted by molar-refractivity contribution is 5.91. The summed E-state index contributed by atoms with van der Waals surface area (Å²) in [6.07, 6.45) is 3.22. The van der Waals surface area contributed by atoms with Crippen LogP contribution in [0.3, 0.4) is 0 Å². The van der Waals surface area contributed by atoms with Gasteiger partial charge in [-0.1, -0.05) is 0 Å². The number of amides is 1. The van der Waals surface area contributed by atoms with Crippen molar-refractivity contribution in [3.63, 3.8) is 0 Å². The zero-order chi connectivity index (χ0) is 14.2. The molecular weight excluding hydrogens is 258 g/mol. The minimum atomic E-state index is -0.403. The SMILES string of the molecule is Cc1cc(NC(=O)C2CCC3(CC2)OCCO3)n(C)n1. The lowest BCUT2D eigenvalue weighted by Crippen LogP contribution is -2.38. The van der Waals surface area contributed by atoms with Crippen LogP contribution in [0.4, 0.5) is 5.82 Å². The number of ether oxygens (including phenoxy) is 2. The number of carbonyl (C=O) groups excluding carboxylic acids is 1. The molecule has 1 N–H and O–H groups in total. The molecule has 1 aromatic rings. The molecule has 2 heterocycles. The predicted octanol–water partition coefficient (Wildman–Crippen LogP) is 1.60. The molecule has 1 saturated carbocycles. The van der Waals surface area contributed by atoms with Gasteiger partial charge in [-0.05, 0) is 19.8 Å². The summed E-state index contributed by atoms with van der Waals surface area (Å²) in [7, 11) is 1.83. The minimum absolute atomic E-state index is 0.0311. The Kier molecular flexibility index (Phi) is 3.52. The first-order chi connectivity index (χ1) is 9.58. The van der Waals surface area contributed by atoms with Crippen LogP contribution >= 0.6 is 0 Å². The van der Waals surface area contributed by atoms with Gasteiger partial charge in [-0.15, -0.1) is 0 Å². The average molecular weight is 279 g/mol. The van der Waals surface area contributed by atoms with E-state index in [0.717, 1.165) is 37.2 Å². The molecule has 6 nitrogen and oxygen atoms in total. The van der Waals surface area contributed by atoms with Crippen LogP contribution in [0.5, 0.6) is 0 Å². The molecule has 6 heteroatoms. The molecule has 2 fully saturated rings. The van der Waals surface area contributed by atoms with E-state index in [-0.39, 0.29) is 11.8 Å². The normalized spacial score (nSPS) is 22.3. The summed E-state index contributed by atoms with van der Waals surface area (Å²) in [4.78, 5) is 12.3. The fraction of sp³-hybridized carbons (Fsp3) is 0.714. The number of aryl methyl sites for hydroxylation is 2. The van der Waals surface area contributed by atoms with E-state index in [1.807, 2.05) is 20.0 Å². The summed E-state index contributed by atoms with van der Waals surface area (Å²) in [6.45, 7) is 3.26. The van der Waals surface area contributed by atoms with Crippen molar-refractivity contribution in [3.8, 4) is 0 Å². The Balaban J connectivity index is 1.58. The van der Waals surface area contributed by atoms with Crippen LogP contribution in [-0.2, 0) is 21.3 Å².